The molecule has 1 aliphatic heterocycles. The number of carbonyl (C=O) groups excluding carboxylic acids is 1. The summed E-state index contributed by atoms with van der Waals surface area (Å²) in [6.45, 7) is 4.89. The highest BCUT2D eigenvalue weighted by Crippen LogP contribution is 2.36. The lowest BCUT2D eigenvalue weighted by atomic mass is 10.2. The predicted octanol–water partition coefficient (Wildman–Crippen LogP) is 5.37. The Labute approximate surface area is 188 Å². The van der Waals surface area contributed by atoms with Crippen molar-refractivity contribution in [3.05, 3.63) is 57.4 Å². The molecule has 0 bridgehead atoms. The Balaban J connectivity index is 1.91. The number of carbonyl (C=O) groups is 1. The lowest BCUT2D eigenvalue weighted by Crippen LogP contribution is -2.28. The second kappa shape index (κ2) is 10.3. The van der Waals surface area contributed by atoms with Gasteiger partial charge in [-0.25, -0.2) is 4.99 Å². The first-order valence-corrected chi connectivity index (χ1v) is 11.0. The number of hydrogen-bond donors (Lipinski definition) is 0. The zero-order chi connectivity index (χ0) is 21.5. The molecule has 8 heteroatoms. The number of rotatable bonds is 7. The van der Waals surface area contributed by atoms with Gasteiger partial charge in [-0.1, -0.05) is 15.9 Å². The predicted molar refractivity (Wildman–Crippen MR) is 123 cm³/mol. The van der Waals surface area contributed by atoms with Crippen molar-refractivity contribution in [2.45, 2.75) is 13.8 Å². The Morgan fingerprint density at radius 3 is 2.63 bits per heavy atom. The second-order valence-electron chi connectivity index (χ2n) is 6.11. The molecule has 0 aromatic heterocycles. The normalized spacial score (nSPS) is 16.2. The molecule has 2 aromatic rings. The van der Waals surface area contributed by atoms with Gasteiger partial charge in [0.2, 0.25) is 0 Å². The van der Waals surface area contributed by atoms with Gasteiger partial charge in [0.25, 0.3) is 5.91 Å². The number of nitrogens with zero attached hydrogens (tertiary/aromatic N) is 3. The second-order valence-corrected chi connectivity index (χ2v) is 8.04. The van der Waals surface area contributed by atoms with Gasteiger partial charge in [-0.15, -0.1) is 0 Å². The highest BCUT2D eigenvalue weighted by molar-refractivity contribution is 9.10. The minimum absolute atomic E-state index is 0.0651. The maximum absolute atomic E-state index is 12.9. The van der Waals surface area contributed by atoms with Crippen LogP contribution in [0.1, 0.15) is 19.4 Å². The van der Waals surface area contributed by atoms with E-state index in [1.807, 2.05) is 56.3 Å². The summed E-state index contributed by atoms with van der Waals surface area (Å²) in [5, 5.41) is 9.42. The zero-order valence-corrected chi connectivity index (χ0v) is 19.0. The van der Waals surface area contributed by atoms with Crippen LogP contribution in [-0.2, 0) is 4.79 Å². The van der Waals surface area contributed by atoms with Crippen LogP contribution in [0, 0.1) is 11.3 Å². The SMILES string of the molecule is CCOc1ccc(N=C2S/C(=C/c3cc(Br)ccc3OCC#N)C(=O)N2CC)cc1. The van der Waals surface area contributed by atoms with Gasteiger partial charge >= 0.3 is 0 Å². The number of amidine groups is 1. The maximum Gasteiger partial charge on any atom is 0.266 e. The van der Waals surface area contributed by atoms with Gasteiger partial charge in [-0.3, -0.25) is 9.69 Å². The molecule has 1 amide bonds. The number of thioether (sulfide) groups is 1. The van der Waals surface area contributed by atoms with Crippen molar-refractivity contribution in [2.24, 2.45) is 4.99 Å². The van der Waals surface area contributed by atoms with Crippen LogP contribution in [-0.4, -0.2) is 35.7 Å². The minimum atomic E-state index is -0.113. The molecule has 2 aromatic carbocycles. The van der Waals surface area contributed by atoms with Crippen LogP contribution >= 0.6 is 27.7 Å². The van der Waals surface area contributed by atoms with E-state index in [4.69, 9.17) is 14.7 Å². The number of aliphatic imine (C=N–C) groups is 1. The van der Waals surface area contributed by atoms with Crippen LogP contribution < -0.4 is 9.47 Å². The smallest absolute Gasteiger partial charge is 0.266 e. The van der Waals surface area contributed by atoms with Crippen LogP contribution in [0.4, 0.5) is 5.69 Å². The molecule has 1 saturated heterocycles. The fourth-order valence-corrected chi connectivity index (χ4v) is 4.21. The quantitative estimate of drug-likeness (QED) is 0.492. The van der Waals surface area contributed by atoms with E-state index in [2.05, 4.69) is 20.9 Å². The van der Waals surface area contributed by atoms with Crippen LogP contribution in [0.3, 0.4) is 0 Å². The van der Waals surface area contributed by atoms with Gasteiger partial charge in [-0.05, 0) is 74.1 Å². The van der Waals surface area contributed by atoms with E-state index in [1.165, 1.54) is 11.8 Å². The molecular formula is C22H20BrN3O3S. The summed E-state index contributed by atoms with van der Waals surface area (Å²) in [5.41, 5.74) is 1.46. The summed E-state index contributed by atoms with van der Waals surface area (Å²) in [6, 6.07) is 14.9. The number of amides is 1. The molecule has 0 unspecified atom stereocenters. The third kappa shape index (κ3) is 5.23. The molecule has 0 aliphatic carbocycles. The van der Waals surface area contributed by atoms with E-state index < -0.39 is 0 Å². The highest BCUT2D eigenvalue weighted by atomic mass is 79.9. The monoisotopic (exact) mass is 485 g/mol. The standard InChI is InChI=1S/C22H20BrN3O3S/c1-3-26-21(27)20(14-15-13-16(23)5-10-19(15)29-12-11-24)30-22(26)25-17-6-8-18(9-7-17)28-4-2/h5-10,13-14H,3-4,12H2,1-2H3/b20-14+,25-22?. The molecule has 3 rings (SSSR count). The van der Waals surface area contributed by atoms with Crippen LogP contribution in [0.5, 0.6) is 11.5 Å². The molecule has 0 atom stereocenters. The van der Waals surface area contributed by atoms with E-state index in [0.717, 1.165) is 15.9 Å². The maximum atomic E-state index is 12.9. The van der Waals surface area contributed by atoms with Gasteiger partial charge in [0, 0.05) is 16.6 Å². The van der Waals surface area contributed by atoms with E-state index in [1.54, 1.807) is 17.0 Å². The Morgan fingerprint density at radius 1 is 1.20 bits per heavy atom. The Bertz CT molecular complexity index is 1030. The Kier molecular flexibility index (Phi) is 7.55. The first-order valence-electron chi connectivity index (χ1n) is 9.38. The van der Waals surface area contributed by atoms with E-state index in [9.17, 15) is 4.79 Å². The fraction of sp³-hybridized carbons (Fsp3) is 0.227. The molecule has 1 heterocycles. The summed E-state index contributed by atoms with van der Waals surface area (Å²) >= 11 is 4.76. The summed E-state index contributed by atoms with van der Waals surface area (Å²) in [6.07, 6.45) is 1.77. The van der Waals surface area contributed by atoms with Gasteiger partial charge < -0.3 is 9.47 Å². The Morgan fingerprint density at radius 2 is 1.97 bits per heavy atom. The van der Waals surface area contributed by atoms with Crippen molar-refractivity contribution in [3.63, 3.8) is 0 Å². The summed E-state index contributed by atoms with van der Waals surface area (Å²) in [4.78, 5) is 19.8. The fourth-order valence-electron chi connectivity index (χ4n) is 2.78. The van der Waals surface area contributed by atoms with E-state index >= 15 is 0 Å². The zero-order valence-electron chi connectivity index (χ0n) is 16.6. The van der Waals surface area contributed by atoms with E-state index in [-0.39, 0.29) is 12.5 Å². The van der Waals surface area contributed by atoms with Gasteiger partial charge in [0.1, 0.15) is 17.6 Å². The number of likely N-dealkylation sites (N-methyl/N-ethyl adjacent to an activating group) is 1. The summed E-state index contributed by atoms with van der Waals surface area (Å²) in [5.74, 6) is 1.21. The number of benzene rings is 2. The minimum Gasteiger partial charge on any atom is -0.494 e. The third-order valence-corrected chi connectivity index (χ3v) is 5.63. The first-order chi connectivity index (χ1) is 14.5. The van der Waals surface area contributed by atoms with Crippen molar-refractivity contribution in [1.29, 1.82) is 5.26 Å². The van der Waals surface area contributed by atoms with Gasteiger partial charge in [0.05, 0.1) is 17.2 Å². The van der Waals surface area contributed by atoms with Crippen molar-refractivity contribution < 1.29 is 14.3 Å². The van der Waals surface area contributed by atoms with Gasteiger partial charge in [-0.2, -0.15) is 5.26 Å². The van der Waals surface area contributed by atoms with E-state index in [0.29, 0.717) is 34.5 Å². The van der Waals surface area contributed by atoms with Crippen LogP contribution in [0.15, 0.2) is 56.8 Å². The topological polar surface area (TPSA) is 74.9 Å². The van der Waals surface area contributed by atoms with Crippen molar-refractivity contribution >= 4 is 50.5 Å². The first kappa shape index (κ1) is 21.9. The molecule has 0 N–H and O–H groups in total. The average Bonchev–Trinajstić information content (AvgIpc) is 3.03. The molecule has 1 aliphatic rings. The third-order valence-electron chi connectivity index (χ3n) is 4.13. The molecular weight excluding hydrogens is 466 g/mol. The molecule has 0 saturated carbocycles. The molecule has 6 nitrogen and oxygen atoms in total. The number of ether oxygens (including phenoxy) is 2. The van der Waals surface area contributed by atoms with Crippen LogP contribution in [0.25, 0.3) is 6.08 Å². The number of nitriles is 1. The lowest BCUT2D eigenvalue weighted by Gasteiger charge is -2.12. The molecule has 0 spiro atoms. The molecule has 1 fully saturated rings. The average molecular weight is 486 g/mol. The summed E-state index contributed by atoms with van der Waals surface area (Å²) < 4.78 is 11.8. The largest absolute Gasteiger partial charge is 0.494 e. The van der Waals surface area contributed by atoms with Crippen molar-refractivity contribution in [1.82, 2.24) is 4.90 Å². The van der Waals surface area contributed by atoms with Crippen molar-refractivity contribution in [2.75, 3.05) is 19.8 Å². The number of hydrogen-bond acceptors (Lipinski definition) is 6. The van der Waals surface area contributed by atoms with Gasteiger partial charge in [0.15, 0.2) is 11.8 Å². The van der Waals surface area contributed by atoms with Crippen LogP contribution in [0.2, 0.25) is 0 Å². The summed E-state index contributed by atoms with van der Waals surface area (Å²) in [7, 11) is 0. The molecule has 154 valence electrons. The van der Waals surface area contributed by atoms with Crippen molar-refractivity contribution in [3.8, 4) is 17.6 Å². The Hall–Kier alpha value is -2.76. The molecule has 30 heavy (non-hydrogen) atoms. The number of halogens is 1. The molecule has 0 radical (unpaired) electrons. The highest BCUT2D eigenvalue weighted by Gasteiger charge is 2.32. The lowest BCUT2D eigenvalue weighted by molar-refractivity contribution is -0.122.